The first-order chi connectivity index (χ1) is 10.0. The van der Waals surface area contributed by atoms with Crippen LogP contribution in [0.1, 0.15) is 34.9 Å². The summed E-state index contributed by atoms with van der Waals surface area (Å²) in [6.07, 6.45) is 0. The Bertz CT molecular complexity index is 631. The lowest BCUT2D eigenvalue weighted by molar-refractivity contribution is 0.0685. The minimum absolute atomic E-state index is 0. The van der Waals surface area contributed by atoms with Crippen molar-refractivity contribution >= 4 is 41.3 Å². The maximum Gasteiger partial charge on any atom is 0.273 e. The van der Waals surface area contributed by atoms with Crippen molar-refractivity contribution in [2.45, 2.75) is 33.0 Å². The highest BCUT2D eigenvalue weighted by Gasteiger charge is 2.21. The Morgan fingerprint density at radius 1 is 1.45 bits per heavy atom. The standard InChI is InChI=1S/C15H18ClN3OS.ClH/c1-10(2)19(8-11-4-3-5-12(16)6-11)15(20)13-9-21-14(7-17)18-13;/h3-6,9-10H,7-8,17H2,1-2H3;1H. The number of aromatic nitrogens is 1. The van der Waals surface area contributed by atoms with Crippen LogP contribution in [0.4, 0.5) is 0 Å². The molecule has 0 aliphatic carbocycles. The lowest BCUT2D eigenvalue weighted by atomic mass is 10.2. The number of nitrogens with two attached hydrogens (primary N) is 1. The first-order valence-corrected chi connectivity index (χ1v) is 7.97. The number of rotatable bonds is 5. The fraction of sp³-hybridized carbons (Fsp3) is 0.333. The summed E-state index contributed by atoms with van der Waals surface area (Å²) in [6, 6.07) is 7.60. The molecule has 0 aliphatic heterocycles. The molecule has 1 aromatic carbocycles. The normalized spacial score (nSPS) is 10.4. The predicted molar refractivity (Wildman–Crippen MR) is 93.7 cm³/mol. The van der Waals surface area contributed by atoms with Gasteiger partial charge in [-0.05, 0) is 31.5 Å². The van der Waals surface area contributed by atoms with Gasteiger partial charge < -0.3 is 10.6 Å². The van der Waals surface area contributed by atoms with Gasteiger partial charge in [-0.2, -0.15) is 0 Å². The maximum absolute atomic E-state index is 12.6. The van der Waals surface area contributed by atoms with Crippen LogP contribution in [0.25, 0.3) is 0 Å². The largest absolute Gasteiger partial charge is 0.331 e. The molecule has 0 fully saturated rings. The molecule has 0 spiro atoms. The number of nitrogens with zero attached hydrogens (tertiary/aromatic N) is 2. The molecule has 1 amide bonds. The van der Waals surface area contributed by atoms with Gasteiger partial charge in [-0.3, -0.25) is 4.79 Å². The molecule has 2 rings (SSSR count). The zero-order chi connectivity index (χ0) is 15.4. The number of thiazole rings is 1. The first-order valence-electron chi connectivity index (χ1n) is 6.71. The van der Waals surface area contributed by atoms with E-state index in [2.05, 4.69) is 4.98 Å². The third-order valence-corrected chi connectivity index (χ3v) is 4.18. The Morgan fingerprint density at radius 2 is 2.18 bits per heavy atom. The van der Waals surface area contributed by atoms with Gasteiger partial charge in [-0.15, -0.1) is 23.7 Å². The maximum atomic E-state index is 12.6. The van der Waals surface area contributed by atoms with Crippen LogP contribution in [0.2, 0.25) is 5.02 Å². The second-order valence-electron chi connectivity index (χ2n) is 4.99. The Kier molecular flexibility index (Phi) is 7.29. The van der Waals surface area contributed by atoms with E-state index in [9.17, 15) is 4.79 Å². The van der Waals surface area contributed by atoms with E-state index in [1.807, 2.05) is 38.1 Å². The predicted octanol–water partition coefficient (Wildman–Crippen LogP) is 3.73. The SMILES string of the molecule is CC(C)N(Cc1cccc(Cl)c1)C(=O)c1csc(CN)n1.Cl. The minimum Gasteiger partial charge on any atom is -0.331 e. The van der Waals surface area contributed by atoms with Gasteiger partial charge in [0.15, 0.2) is 0 Å². The summed E-state index contributed by atoms with van der Waals surface area (Å²) in [4.78, 5) is 18.6. The van der Waals surface area contributed by atoms with Crippen LogP contribution in [-0.4, -0.2) is 21.8 Å². The number of amides is 1. The summed E-state index contributed by atoms with van der Waals surface area (Å²) in [5.74, 6) is -0.0825. The second-order valence-corrected chi connectivity index (χ2v) is 6.37. The van der Waals surface area contributed by atoms with Crippen molar-refractivity contribution in [3.63, 3.8) is 0 Å². The summed E-state index contributed by atoms with van der Waals surface area (Å²) in [7, 11) is 0. The monoisotopic (exact) mass is 359 g/mol. The highest BCUT2D eigenvalue weighted by atomic mass is 35.5. The van der Waals surface area contributed by atoms with Crippen LogP contribution in [0.5, 0.6) is 0 Å². The Balaban J connectivity index is 0.00000242. The molecule has 2 aromatic rings. The molecule has 0 saturated carbocycles. The van der Waals surface area contributed by atoms with Crippen molar-refractivity contribution in [3.05, 3.63) is 50.9 Å². The lowest BCUT2D eigenvalue weighted by Crippen LogP contribution is -2.36. The van der Waals surface area contributed by atoms with Crippen molar-refractivity contribution < 1.29 is 4.79 Å². The van der Waals surface area contributed by atoms with Gasteiger partial charge in [0.1, 0.15) is 10.7 Å². The zero-order valence-corrected chi connectivity index (χ0v) is 14.8. The first kappa shape index (κ1) is 18.9. The van der Waals surface area contributed by atoms with Gasteiger partial charge in [-0.1, -0.05) is 23.7 Å². The van der Waals surface area contributed by atoms with Crippen LogP contribution < -0.4 is 5.73 Å². The number of carbonyl (C=O) groups excluding carboxylic acids is 1. The van der Waals surface area contributed by atoms with Crippen molar-refractivity contribution in [3.8, 4) is 0 Å². The highest BCUT2D eigenvalue weighted by molar-refractivity contribution is 7.09. The number of hydrogen-bond acceptors (Lipinski definition) is 4. The fourth-order valence-electron chi connectivity index (χ4n) is 1.97. The van der Waals surface area contributed by atoms with Crippen LogP contribution in [0.3, 0.4) is 0 Å². The molecule has 1 heterocycles. The van der Waals surface area contributed by atoms with Crippen LogP contribution in [0.15, 0.2) is 29.6 Å². The number of halogens is 2. The topological polar surface area (TPSA) is 59.2 Å². The number of carbonyl (C=O) groups is 1. The minimum atomic E-state index is -0.0825. The zero-order valence-electron chi connectivity index (χ0n) is 12.5. The molecular weight excluding hydrogens is 341 g/mol. The van der Waals surface area contributed by atoms with Crippen molar-refractivity contribution in [1.29, 1.82) is 0 Å². The molecule has 0 saturated heterocycles. The van der Waals surface area contributed by atoms with Crippen LogP contribution in [-0.2, 0) is 13.1 Å². The van der Waals surface area contributed by atoms with E-state index in [0.717, 1.165) is 10.6 Å². The molecule has 2 N–H and O–H groups in total. The highest BCUT2D eigenvalue weighted by Crippen LogP contribution is 2.18. The van der Waals surface area contributed by atoms with Crippen LogP contribution in [0, 0.1) is 0 Å². The summed E-state index contributed by atoms with van der Waals surface area (Å²) in [6.45, 7) is 4.83. The van der Waals surface area contributed by atoms with Crippen molar-refractivity contribution in [2.24, 2.45) is 5.73 Å². The molecule has 120 valence electrons. The fourth-order valence-corrected chi connectivity index (χ4v) is 2.83. The average Bonchev–Trinajstić information content (AvgIpc) is 2.93. The summed E-state index contributed by atoms with van der Waals surface area (Å²) >= 11 is 7.41. The van der Waals surface area contributed by atoms with E-state index < -0.39 is 0 Å². The molecule has 0 bridgehead atoms. The van der Waals surface area contributed by atoms with E-state index in [0.29, 0.717) is 23.8 Å². The van der Waals surface area contributed by atoms with Crippen molar-refractivity contribution in [1.82, 2.24) is 9.88 Å². The average molecular weight is 360 g/mol. The van der Waals surface area contributed by atoms with Gasteiger partial charge >= 0.3 is 0 Å². The van der Waals surface area contributed by atoms with Gasteiger partial charge in [0.2, 0.25) is 0 Å². The van der Waals surface area contributed by atoms with Gasteiger partial charge in [-0.25, -0.2) is 4.98 Å². The number of benzene rings is 1. The molecule has 0 unspecified atom stereocenters. The molecule has 1 aromatic heterocycles. The smallest absolute Gasteiger partial charge is 0.273 e. The summed E-state index contributed by atoms with van der Waals surface area (Å²) in [5, 5.41) is 3.20. The Morgan fingerprint density at radius 3 is 2.73 bits per heavy atom. The third-order valence-electron chi connectivity index (χ3n) is 3.07. The molecular formula is C15H19Cl2N3OS. The van der Waals surface area contributed by atoms with E-state index in [1.54, 1.807) is 10.3 Å². The number of hydrogen-bond donors (Lipinski definition) is 1. The molecule has 0 aliphatic rings. The summed E-state index contributed by atoms with van der Waals surface area (Å²) < 4.78 is 0. The van der Waals surface area contributed by atoms with E-state index in [-0.39, 0.29) is 24.4 Å². The molecule has 22 heavy (non-hydrogen) atoms. The van der Waals surface area contributed by atoms with E-state index in [1.165, 1.54) is 11.3 Å². The lowest BCUT2D eigenvalue weighted by Gasteiger charge is -2.26. The second kappa shape index (κ2) is 8.48. The Hall–Kier alpha value is -1.14. The van der Waals surface area contributed by atoms with E-state index >= 15 is 0 Å². The van der Waals surface area contributed by atoms with Crippen LogP contribution >= 0.6 is 35.3 Å². The Labute approximate surface area is 145 Å². The molecule has 0 atom stereocenters. The van der Waals surface area contributed by atoms with Gasteiger partial charge in [0.25, 0.3) is 5.91 Å². The third kappa shape index (κ3) is 4.68. The van der Waals surface area contributed by atoms with E-state index in [4.69, 9.17) is 17.3 Å². The molecule has 0 radical (unpaired) electrons. The molecule has 7 heteroatoms. The quantitative estimate of drug-likeness (QED) is 0.884. The summed E-state index contributed by atoms with van der Waals surface area (Å²) in [5.41, 5.74) is 7.00. The molecule has 4 nitrogen and oxygen atoms in total. The van der Waals surface area contributed by atoms with Gasteiger partial charge in [0, 0.05) is 29.5 Å². The van der Waals surface area contributed by atoms with Gasteiger partial charge in [0.05, 0.1) is 0 Å². The van der Waals surface area contributed by atoms with Crippen molar-refractivity contribution in [2.75, 3.05) is 0 Å².